The highest BCUT2D eigenvalue weighted by Crippen LogP contribution is 2.19. The van der Waals surface area contributed by atoms with Gasteiger partial charge in [0, 0.05) is 44.1 Å². The second-order valence-corrected chi connectivity index (χ2v) is 7.62. The third-order valence-corrected chi connectivity index (χ3v) is 4.93. The Hall–Kier alpha value is -2.50. The van der Waals surface area contributed by atoms with E-state index in [0.717, 1.165) is 26.1 Å². The lowest BCUT2D eigenvalue weighted by molar-refractivity contribution is -0.125. The zero-order chi connectivity index (χ0) is 19.8. The maximum Gasteiger partial charge on any atom is 0.237 e. The molecule has 2 N–H and O–H groups in total. The Morgan fingerprint density at radius 3 is 2.68 bits per heavy atom. The topological polar surface area (TPSA) is 57.3 Å². The van der Waals surface area contributed by atoms with Gasteiger partial charge in [-0.2, -0.15) is 0 Å². The van der Waals surface area contributed by atoms with Crippen molar-refractivity contribution in [3.63, 3.8) is 0 Å². The minimum absolute atomic E-state index is 0.0993. The predicted molar refractivity (Wildman–Crippen MR) is 114 cm³/mol. The molecule has 0 aliphatic carbocycles. The second-order valence-electron chi connectivity index (χ2n) is 7.62. The van der Waals surface area contributed by atoms with Gasteiger partial charge in [-0.3, -0.25) is 14.7 Å². The van der Waals surface area contributed by atoms with Gasteiger partial charge in [-0.1, -0.05) is 42.5 Å². The first-order valence-electron chi connectivity index (χ1n) is 10.00. The number of carbonyl (C=O) groups excluding carboxylic acids is 1. The standard InChI is InChI=1S/C23H30N4O/c1-18(2)26-23(28)22-15-21(25-16-20-10-12-24-13-11-20)17-27(22)14-6-9-19-7-4-3-5-8-19/h3-13,18,21-22,25H,14-17H2,1-2H3,(H,26,28)/b9-6+/t21-,22-/m0/s1. The molecule has 148 valence electrons. The molecule has 0 bridgehead atoms. The first-order chi connectivity index (χ1) is 13.6. The van der Waals surface area contributed by atoms with E-state index in [1.165, 1.54) is 11.1 Å². The fourth-order valence-electron chi connectivity index (χ4n) is 3.56. The van der Waals surface area contributed by atoms with E-state index >= 15 is 0 Å². The summed E-state index contributed by atoms with van der Waals surface area (Å²) in [6, 6.07) is 14.6. The van der Waals surface area contributed by atoms with Crippen LogP contribution < -0.4 is 10.6 Å². The van der Waals surface area contributed by atoms with Crippen LogP contribution in [-0.4, -0.2) is 47.0 Å². The van der Waals surface area contributed by atoms with E-state index in [2.05, 4.69) is 44.8 Å². The number of hydrogen-bond acceptors (Lipinski definition) is 4. The molecular weight excluding hydrogens is 348 g/mol. The monoisotopic (exact) mass is 378 g/mol. The largest absolute Gasteiger partial charge is 0.353 e. The molecule has 2 heterocycles. The number of nitrogens with one attached hydrogen (secondary N) is 2. The van der Waals surface area contributed by atoms with Crippen LogP contribution in [0.15, 0.2) is 60.9 Å². The van der Waals surface area contributed by atoms with Gasteiger partial charge in [-0.15, -0.1) is 0 Å². The molecular formula is C23H30N4O. The Balaban J connectivity index is 1.60. The van der Waals surface area contributed by atoms with Crippen LogP contribution >= 0.6 is 0 Å². The Morgan fingerprint density at radius 1 is 1.21 bits per heavy atom. The van der Waals surface area contributed by atoms with Crippen molar-refractivity contribution in [2.75, 3.05) is 13.1 Å². The summed E-state index contributed by atoms with van der Waals surface area (Å²) in [6.07, 6.45) is 8.71. The lowest BCUT2D eigenvalue weighted by Crippen LogP contribution is -2.45. The van der Waals surface area contributed by atoms with Crippen LogP contribution in [0.1, 0.15) is 31.4 Å². The van der Waals surface area contributed by atoms with E-state index in [9.17, 15) is 4.79 Å². The number of pyridine rings is 1. The van der Waals surface area contributed by atoms with Crippen molar-refractivity contribution < 1.29 is 4.79 Å². The molecule has 0 radical (unpaired) electrons. The molecule has 1 saturated heterocycles. The van der Waals surface area contributed by atoms with Crippen LogP contribution in [0.4, 0.5) is 0 Å². The minimum Gasteiger partial charge on any atom is -0.353 e. The molecule has 2 atom stereocenters. The molecule has 1 aliphatic rings. The smallest absolute Gasteiger partial charge is 0.237 e. The number of nitrogens with zero attached hydrogens (tertiary/aromatic N) is 2. The van der Waals surface area contributed by atoms with E-state index in [1.54, 1.807) is 0 Å². The third kappa shape index (κ3) is 6.01. The van der Waals surface area contributed by atoms with Gasteiger partial charge in [-0.05, 0) is 43.5 Å². The van der Waals surface area contributed by atoms with Gasteiger partial charge in [0.2, 0.25) is 5.91 Å². The molecule has 5 heteroatoms. The van der Waals surface area contributed by atoms with Crippen LogP contribution in [0.5, 0.6) is 0 Å². The summed E-state index contributed by atoms with van der Waals surface area (Å²) >= 11 is 0. The van der Waals surface area contributed by atoms with Crippen LogP contribution in [-0.2, 0) is 11.3 Å². The molecule has 3 rings (SSSR count). The average molecular weight is 379 g/mol. The Labute approximate surface area is 167 Å². The highest BCUT2D eigenvalue weighted by molar-refractivity contribution is 5.82. The van der Waals surface area contributed by atoms with Gasteiger partial charge in [0.15, 0.2) is 0 Å². The summed E-state index contributed by atoms with van der Waals surface area (Å²) in [5.41, 5.74) is 2.39. The summed E-state index contributed by atoms with van der Waals surface area (Å²) in [5.74, 6) is 0.122. The van der Waals surface area contributed by atoms with Crippen LogP contribution in [0, 0.1) is 0 Å². The van der Waals surface area contributed by atoms with E-state index in [1.807, 2.05) is 56.6 Å². The molecule has 1 aromatic heterocycles. The number of benzene rings is 1. The van der Waals surface area contributed by atoms with Crippen molar-refractivity contribution >= 4 is 12.0 Å². The van der Waals surface area contributed by atoms with E-state index in [-0.39, 0.29) is 18.0 Å². The van der Waals surface area contributed by atoms with Gasteiger partial charge in [0.1, 0.15) is 0 Å². The summed E-state index contributed by atoms with van der Waals surface area (Å²) < 4.78 is 0. The number of amides is 1. The molecule has 2 aromatic rings. The number of carbonyl (C=O) groups is 1. The van der Waals surface area contributed by atoms with Gasteiger partial charge in [-0.25, -0.2) is 0 Å². The second kappa shape index (κ2) is 10.2. The van der Waals surface area contributed by atoms with Crippen molar-refractivity contribution in [2.45, 2.75) is 44.9 Å². The SMILES string of the molecule is CC(C)NC(=O)[C@@H]1C[C@H](NCc2ccncc2)CN1C/C=C/c1ccccc1. The van der Waals surface area contributed by atoms with E-state index in [4.69, 9.17) is 0 Å². The van der Waals surface area contributed by atoms with E-state index in [0.29, 0.717) is 6.04 Å². The number of hydrogen-bond donors (Lipinski definition) is 2. The maximum atomic E-state index is 12.7. The fourth-order valence-corrected chi connectivity index (χ4v) is 3.56. The quantitative estimate of drug-likeness (QED) is 0.742. The highest BCUT2D eigenvalue weighted by atomic mass is 16.2. The predicted octanol–water partition coefficient (Wildman–Crippen LogP) is 2.85. The van der Waals surface area contributed by atoms with Gasteiger partial charge < -0.3 is 10.6 Å². The Kier molecular flexibility index (Phi) is 7.34. The van der Waals surface area contributed by atoms with Crippen LogP contribution in [0.25, 0.3) is 6.08 Å². The van der Waals surface area contributed by atoms with Crippen molar-refractivity contribution in [1.82, 2.24) is 20.5 Å². The third-order valence-electron chi connectivity index (χ3n) is 4.93. The molecule has 1 fully saturated rings. The highest BCUT2D eigenvalue weighted by Gasteiger charge is 2.35. The fraction of sp³-hybridized carbons (Fsp3) is 0.391. The van der Waals surface area contributed by atoms with Crippen molar-refractivity contribution in [3.8, 4) is 0 Å². The zero-order valence-electron chi connectivity index (χ0n) is 16.7. The molecule has 1 aromatic carbocycles. The lowest BCUT2D eigenvalue weighted by Gasteiger charge is -2.23. The number of aromatic nitrogens is 1. The van der Waals surface area contributed by atoms with E-state index < -0.39 is 0 Å². The van der Waals surface area contributed by atoms with Crippen LogP contribution in [0.3, 0.4) is 0 Å². The average Bonchev–Trinajstić information content (AvgIpc) is 3.11. The normalized spacial score (nSPS) is 20.1. The first-order valence-corrected chi connectivity index (χ1v) is 10.00. The molecule has 1 amide bonds. The minimum atomic E-state index is -0.0993. The maximum absolute atomic E-state index is 12.7. The molecule has 1 aliphatic heterocycles. The summed E-state index contributed by atoms with van der Waals surface area (Å²) in [7, 11) is 0. The molecule has 0 unspecified atom stereocenters. The summed E-state index contributed by atoms with van der Waals surface area (Å²) in [6.45, 7) is 6.43. The zero-order valence-corrected chi connectivity index (χ0v) is 16.7. The molecule has 0 spiro atoms. The lowest BCUT2D eigenvalue weighted by atomic mass is 10.1. The van der Waals surface area contributed by atoms with Gasteiger partial charge >= 0.3 is 0 Å². The Bertz CT molecular complexity index is 761. The Morgan fingerprint density at radius 2 is 1.96 bits per heavy atom. The van der Waals surface area contributed by atoms with Crippen LogP contribution in [0.2, 0.25) is 0 Å². The van der Waals surface area contributed by atoms with Crippen molar-refractivity contribution in [1.29, 1.82) is 0 Å². The number of likely N-dealkylation sites (tertiary alicyclic amines) is 1. The van der Waals surface area contributed by atoms with Crippen molar-refractivity contribution in [2.24, 2.45) is 0 Å². The summed E-state index contributed by atoms with van der Waals surface area (Å²) in [4.78, 5) is 19.0. The summed E-state index contributed by atoms with van der Waals surface area (Å²) in [5, 5.41) is 6.68. The first kappa shape index (κ1) is 20.2. The number of rotatable bonds is 8. The van der Waals surface area contributed by atoms with Gasteiger partial charge in [0.05, 0.1) is 6.04 Å². The molecule has 0 saturated carbocycles. The van der Waals surface area contributed by atoms with Gasteiger partial charge in [0.25, 0.3) is 0 Å². The van der Waals surface area contributed by atoms with Crippen molar-refractivity contribution in [3.05, 3.63) is 72.1 Å². The molecule has 5 nitrogen and oxygen atoms in total. The molecule has 28 heavy (non-hydrogen) atoms.